The van der Waals surface area contributed by atoms with Crippen LogP contribution in [-0.2, 0) is 34.1 Å². The minimum Gasteiger partial charge on any atom is -0.481 e. The van der Waals surface area contributed by atoms with E-state index in [0.717, 1.165) is 41.5 Å². The SMILES string of the molecule is COc1cc(-c2ccc3c(c2CC(=O)N=NS(=O)(=O)C2CNC2)CCC3)ccn1. The first kappa shape index (κ1) is 19.7. The van der Waals surface area contributed by atoms with Crippen molar-refractivity contribution in [2.75, 3.05) is 20.2 Å². The average Bonchev–Trinajstić information content (AvgIpc) is 3.14. The minimum atomic E-state index is -3.74. The van der Waals surface area contributed by atoms with Gasteiger partial charge in [0.25, 0.3) is 15.9 Å². The van der Waals surface area contributed by atoms with Gasteiger partial charge in [0.05, 0.1) is 13.5 Å². The molecular formula is C20H22N4O4S. The number of sulfonamides is 1. The Morgan fingerprint density at radius 3 is 2.83 bits per heavy atom. The third-order valence-corrected chi connectivity index (χ3v) is 6.90. The van der Waals surface area contributed by atoms with E-state index in [1.165, 1.54) is 5.56 Å². The molecule has 1 fully saturated rings. The number of benzene rings is 1. The molecule has 2 aliphatic rings. The van der Waals surface area contributed by atoms with Crippen molar-refractivity contribution in [3.05, 3.63) is 47.2 Å². The normalized spacial score (nSPS) is 16.6. The number of fused-ring (bicyclic) bond motifs is 1. The third-order valence-electron chi connectivity index (χ3n) is 5.42. The highest BCUT2D eigenvalue weighted by molar-refractivity contribution is 7.90. The van der Waals surface area contributed by atoms with Gasteiger partial charge in [-0.15, -0.1) is 0 Å². The molecule has 0 unspecified atom stereocenters. The maximum absolute atomic E-state index is 12.5. The largest absolute Gasteiger partial charge is 0.481 e. The lowest BCUT2D eigenvalue weighted by Gasteiger charge is -2.23. The molecule has 0 bridgehead atoms. The van der Waals surface area contributed by atoms with Crippen molar-refractivity contribution in [3.8, 4) is 17.0 Å². The lowest BCUT2D eigenvalue weighted by molar-refractivity contribution is -0.117. The van der Waals surface area contributed by atoms with E-state index in [2.05, 4.69) is 26.0 Å². The van der Waals surface area contributed by atoms with Gasteiger partial charge in [-0.05, 0) is 53.1 Å². The van der Waals surface area contributed by atoms with Gasteiger partial charge in [0.15, 0.2) is 0 Å². The number of hydrogen-bond acceptors (Lipinski definition) is 6. The van der Waals surface area contributed by atoms with Crippen LogP contribution in [-0.4, -0.2) is 44.8 Å². The summed E-state index contributed by atoms with van der Waals surface area (Å²) in [5.74, 6) is -0.0800. The van der Waals surface area contributed by atoms with Crippen LogP contribution in [0.3, 0.4) is 0 Å². The van der Waals surface area contributed by atoms with Crippen molar-refractivity contribution in [2.45, 2.75) is 30.9 Å². The zero-order chi connectivity index (χ0) is 20.4. The van der Waals surface area contributed by atoms with E-state index in [4.69, 9.17) is 4.74 Å². The van der Waals surface area contributed by atoms with Crippen molar-refractivity contribution in [1.29, 1.82) is 0 Å². The molecule has 0 spiro atoms. The fourth-order valence-electron chi connectivity index (χ4n) is 3.73. The number of aryl methyl sites for hydroxylation is 1. The molecule has 1 saturated heterocycles. The first-order valence-corrected chi connectivity index (χ1v) is 11.0. The monoisotopic (exact) mass is 414 g/mol. The Labute approximate surface area is 169 Å². The maximum atomic E-state index is 12.5. The van der Waals surface area contributed by atoms with E-state index in [1.807, 2.05) is 18.2 Å². The standard InChI is InChI=1S/C20H22N4O4S/c1-28-20-9-14(7-8-22-20)17-6-5-13-3-2-4-16(13)18(17)10-19(25)23-24-29(26,27)15-11-21-12-15/h5-9,15,21H,2-4,10-12H2,1H3. The van der Waals surface area contributed by atoms with E-state index < -0.39 is 21.2 Å². The average molecular weight is 414 g/mol. The third kappa shape index (κ3) is 4.06. The Bertz CT molecular complexity index is 1080. The Hall–Kier alpha value is -2.65. The molecule has 1 aromatic carbocycles. The summed E-state index contributed by atoms with van der Waals surface area (Å²) >= 11 is 0. The molecule has 0 atom stereocenters. The number of hydrogen-bond donors (Lipinski definition) is 1. The van der Waals surface area contributed by atoms with E-state index in [0.29, 0.717) is 19.0 Å². The molecule has 0 radical (unpaired) electrons. The fourth-order valence-corrected chi connectivity index (χ4v) is 4.73. The molecule has 9 heteroatoms. The molecule has 0 saturated carbocycles. The van der Waals surface area contributed by atoms with Gasteiger partial charge in [0.1, 0.15) is 5.25 Å². The molecule has 1 aliphatic heterocycles. The van der Waals surface area contributed by atoms with Gasteiger partial charge in [0, 0.05) is 25.4 Å². The number of nitrogens with zero attached hydrogens (tertiary/aromatic N) is 3. The lowest BCUT2D eigenvalue weighted by atomic mass is 9.91. The molecule has 1 aromatic heterocycles. The minimum absolute atomic E-state index is 0.00504. The van der Waals surface area contributed by atoms with Crippen molar-refractivity contribution in [1.82, 2.24) is 10.3 Å². The smallest absolute Gasteiger partial charge is 0.276 e. The molecule has 1 amide bonds. The van der Waals surface area contributed by atoms with Crippen LogP contribution in [0, 0.1) is 0 Å². The van der Waals surface area contributed by atoms with Gasteiger partial charge in [-0.2, -0.15) is 0 Å². The molecule has 1 N–H and O–H groups in total. The van der Waals surface area contributed by atoms with Crippen LogP contribution in [0.4, 0.5) is 0 Å². The van der Waals surface area contributed by atoms with E-state index in [9.17, 15) is 13.2 Å². The number of nitrogens with one attached hydrogen (secondary N) is 1. The van der Waals surface area contributed by atoms with Crippen molar-refractivity contribution in [3.63, 3.8) is 0 Å². The maximum Gasteiger partial charge on any atom is 0.276 e. The van der Waals surface area contributed by atoms with Crippen LogP contribution in [0.25, 0.3) is 11.1 Å². The van der Waals surface area contributed by atoms with Crippen molar-refractivity contribution in [2.24, 2.45) is 9.63 Å². The van der Waals surface area contributed by atoms with E-state index in [1.54, 1.807) is 13.3 Å². The predicted molar refractivity (Wildman–Crippen MR) is 107 cm³/mol. The molecule has 4 rings (SSSR count). The Balaban J connectivity index is 1.65. The predicted octanol–water partition coefficient (Wildman–Crippen LogP) is 2.07. The topological polar surface area (TPSA) is 110 Å². The first-order chi connectivity index (χ1) is 14.0. The van der Waals surface area contributed by atoms with Gasteiger partial charge in [-0.25, -0.2) is 13.4 Å². The summed E-state index contributed by atoms with van der Waals surface area (Å²) in [6, 6.07) is 7.77. The van der Waals surface area contributed by atoms with Gasteiger partial charge < -0.3 is 10.1 Å². The second-order valence-electron chi connectivity index (χ2n) is 7.22. The van der Waals surface area contributed by atoms with Crippen LogP contribution in [0.1, 0.15) is 23.1 Å². The number of ether oxygens (including phenoxy) is 1. The summed E-state index contributed by atoms with van der Waals surface area (Å²) in [6.07, 6.45) is 4.56. The van der Waals surface area contributed by atoms with E-state index >= 15 is 0 Å². The molecule has 2 heterocycles. The zero-order valence-electron chi connectivity index (χ0n) is 16.1. The van der Waals surface area contributed by atoms with Gasteiger partial charge in [0.2, 0.25) is 5.88 Å². The van der Waals surface area contributed by atoms with Gasteiger partial charge in [-0.3, -0.25) is 4.79 Å². The summed E-state index contributed by atoms with van der Waals surface area (Å²) in [5.41, 5.74) is 5.04. The molecule has 152 valence electrons. The Morgan fingerprint density at radius 2 is 2.10 bits per heavy atom. The highest BCUT2D eigenvalue weighted by atomic mass is 32.2. The van der Waals surface area contributed by atoms with E-state index in [-0.39, 0.29) is 6.42 Å². The number of aromatic nitrogens is 1. The zero-order valence-corrected chi connectivity index (χ0v) is 16.9. The van der Waals surface area contributed by atoms with Gasteiger partial charge >= 0.3 is 0 Å². The molecule has 8 nitrogen and oxygen atoms in total. The second-order valence-corrected chi connectivity index (χ2v) is 9.08. The van der Waals surface area contributed by atoms with Crippen LogP contribution in [0.15, 0.2) is 40.1 Å². The summed E-state index contributed by atoms with van der Waals surface area (Å²) in [4.78, 5) is 16.7. The Kier molecular flexibility index (Phi) is 5.42. The second kappa shape index (κ2) is 8.00. The number of methoxy groups -OCH3 is 1. The van der Waals surface area contributed by atoms with Crippen molar-refractivity contribution >= 4 is 15.9 Å². The Morgan fingerprint density at radius 1 is 1.28 bits per heavy atom. The molecule has 2 aromatic rings. The summed E-state index contributed by atoms with van der Waals surface area (Å²) < 4.78 is 32.7. The first-order valence-electron chi connectivity index (χ1n) is 9.52. The molecular weight excluding hydrogens is 392 g/mol. The lowest BCUT2D eigenvalue weighted by Crippen LogP contribution is -2.50. The summed E-state index contributed by atoms with van der Waals surface area (Å²) in [7, 11) is -2.19. The van der Waals surface area contributed by atoms with Crippen LogP contribution in [0.5, 0.6) is 5.88 Å². The number of carbonyl (C=O) groups excluding carboxylic acids is 1. The highest BCUT2D eigenvalue weighted by Crippen LogP contribution is 2.34. The van der Waals surface area contributed by atoms with Crippen LogP contribution < -0.4 is 10.1 Å². The summed E-state index contributed by atoms with van der Waals surface area (Å²) in [6.45, 7) is 0.686. The van der Waals surface area contributed by atoms with Crippen LogP contribution in [0.2, 0.25) is 0 Å². The highest BCUT2D eigenvalue weighted by Gasteiger charge is 2.31. The fraction of sp³-hybridized carbons (Fsp3) is 0.400. The molecule has 29 heavy (non-hydrogen) atoms. The quantitative estimate of drug-likeness (QED) is 0.725. The number of rotatable bonds is 6. The molecule has 1 aliphatic carbocycles. The van der Waals surface area contributed by atoms with Crippen LogP contribution >= 0.6 is 0 Å². The number of carbonyl (C=O) groups is 1. The van der Waals surface area contributed by atoms with Gasteiger partial charge in [-0.1, -0.05) is 21.8 Å². The number of amides is 1. The number of pyridine rings is 1. The van der Waals surface area contributed by atoms with Crippen molar-refractivity contribution < 1.29 is 17.9 Å². The summed E-state index contributed by atoms with van der Waals surface area (Å²) in [5, 5.41) is 5.80.